The van der Waals surface area contributed by atoms with Crippen molar-refractivity contribution in [3.05, 3.63) is 0 Å². The van der Waals surface area contributed by atoms with Crippen molar-refractivity contribution in [1.82, 2.24) is 4.90 Å². The summed E-state index contributed by atoms with van der Waals surface area (Å²) in [5.41, 5.74) is 0. The molecule has 1 fully saturated rings. The lowest BCUT2D eigenvalue weighted by molar-refractivity contribution is 0.288. The van der Waals surface area contributed by atoms with E-state index in [0.717, 1.165) is 19.6 Å². The molecule has 0 spiro atoms. The van der Waals surface area contributed by atoms with E-state index in [1.807, 2.05) is 28.5 Å². The SMILES string of the molecule is CC(C#N)CN1CCSSCC1. The molecule has 12 heavy (non-hydrogen) atoms. The highest BCUT2D eigenvalue weighted by molar-refractivity contribution is 8.76. The monoisotopic (exact) mass is 202 g/mol. The van der Waals surface area contributed by atoms with Crippen LogP contribution in [0.5, 0.6) is 0 Å². The zero-order chi connectivity index (χ0) is 8.81. The van der Waals surface area contributed by atoms with Crippen molar-refractivity contribution >= 4 is 21.6 Å². The van der Waals surface area contributed by atoms with Crippen LogP contribution < -0.4 is 0 Å². The molecule has 4 heteroatoms. The molecule has 1 rings (SSSR count). The second-order valence-electron chi connectivity index (χ2n) is 2.97. The molecule has 1 aliphatic heterocycles. The zero-order valence-electron chi connectivity index (χ0n) is 7.32. The van der Waals surface area contributed by atoms with E-state index >= 15 is 0 Å². The highest BCUT2D eigenvalue weighted by atomic mass is 33.1. The lowest BCUT2D eigenvalue weighted by atomic mass is 10.2. The van der Waals surface area contributed by atoms with Crippen molar-refractivity contribution in [1.29, 1.82) is 5.26 Å². The molecule has 1 saturated heterocycles. The van der Waals surface area contributed by atoms with Crippen molar-refractivity contribution < 1.29 is 0 Å². The first-order valence-electron chi connectivity index (χ1n) is 4.19. The number of nitrogens with zero attached hydrogens (tertiary/aromatic N) is 2. The molecular weight excluding hydrogens is 188 g/mol. The van der Waals surface area contributed by atoms with Gasteiger partial charge in [-0.25, -0.2) is 0 Å². The normalized spacial score (nSPS) is 22.7. The Balaban J connectivity index is 2.25. The minimum absolute atomic E-state index is 0.179. The van der Waals surface area contributed by atoms with Crippen LogP contribution in [0.1, 0.15) is 6.92 Å². The van der Waals surface area contributed by atoms with E-state index in [9.17, 15) is 0 Å². The van der Waals surface area contributed by atoms with Gasteiger partial charge in [0.2, 0.25) is 0 Å². The first kappa shape index (κ1) is 10.2. The van der Waals surface area contributed by atoms with Crippen LogP contribution in [0.25, 0.3) is 0 Å². The molecule has 0 aromatic rings. The standard InChI is InChI=1S/C8H14N2S2/c1-8(6-9)7-10-2-4-11-12-5-3-10/h8H,2-5,7H2,1H3. The topological polar surface area (TPSA) is 27.0 Å². The van der Waals surface area contributed by atoms with Crippen LogP contribution in [0.3, 0.4) is 0 Å². The average Bonchev–Trinajstić information content (AvgIpc) is 2.33. The average molecular weight is 202 g/mol. The molecule has 1 unspecified atom stereocenters. The number of hydrogen-bond donors (Lipinski definition) is 0. The van der Waals surface area contributed by atoms with E-state index < -0.39 is 0 Å². The van der Waals surface area contributed by atoms with Gasteiger partial charge in [-0.3, -0.25) is 0 Å². The zero-order valence-corrected chi connectivity index (χ0v) is 8.96. The summed E-state index contributed by atoms with van der Waals surface area (Å²) in [4.78, 5) is 2.39. The summed E-state index contributed by atoms with van der Waals surface area (Å²) < 4.78 is 0. The molecule has 0 bridgehead atoms. The summed E-state index contributed by atoms with van der Waals surface area (Å²) in [5, 5.41) is 8.65. The first-order valence-corrected chi connectivity index (χ1v) is 6.68. The molecule has 0 aromatic carbocycles. The van der Waals surface area contributed by atoms with Gasteiger partial charge < -0.3 is 4.90 Å². The third-order valence-electron chi connectivity index (χ3n) is 1.82. The van der Waals surface area contributed by atoms with Gasteiger partial charge in [-0.1, -0.05) is 21.6 Å². The molecule has 0 amide bonds. The molecule has 0 radical (unpaired) electrons. The maximum atomic E-state index is 8.65. The van der Waals surface area contributed by atoms with Gasteiger partial charge in [0.25, 0.3) is 0 Å². The fourth-order valence-corrected chi connectivity index (χ4v) is 3.23. The maximum absolute atomic E-state index is 8.65. The second kappa shape index (κ2) is 5.74. The Morgan fingerprint density at radius 1 is 1.42 bits per heavy atom. The predicted molar refractivity (Wildman–Crippen MR) is 56.1 cm³/mol. The second-order valence-corrected chi connectivity index (χ2v) is 5.68. The molecule has 1 aliphatic rings. The van der Waals surface area contributed by atoms with Crippen molar-refractivity contribution in [3.8, 4) is 6.07 Å². The largest absolute Gasteiger partial charge is 0.300 e. The van der Waals surface area contributed by atoms with Crippen LogP contribution in [0, 0.1) is 17.2 Å². The van der Waals surface area contributed by atoms with Gasteiger partial charge in [0.15, 0.2) is 0 Å². The molecule has 1 atom stereocenters. The van der Waals surface area contributed by atoms with Gasteiger partial charge in [-0.15, -0.1) is 0 Å². The van der Waals surface area contributed by atoms with Crippen molar-refractivity contribution in [2.45, 2.75) is 6.92 Å². The minimum Gasteiger partial charge on any atom is -0.300 e. The predicted octanol–water partition coefficient (Wildman–Crippen LogP) is 1.84. The Labute approximate surface area is 82.1 Å². The van der Waals surface area contributed by atoms with E-state index in [1.165, 1.54) is 11.5 Å². The van der Waals surface area contributed by atoms with E-state index in [2.05, 4.69) is 11.0 Å². The Morgan fingerprint density at radius 3 is 2.50 bits per heavy atom. The van der Waals surface area contributed by atoms with Gasteiger partial charge in [-0.05, 0) is 6.92 Å². The molecule has 1 heterocycles. The third-order valence-corrected chi connectivity index (χ3v) is 4.18. The molecule has 2 nitrogen and oxygen atoms in total. The maximum Gasteiger partial charge on any atom is 0.0666 e. The summed E-state index contributed by atoms with van der Waals surface area (Å²) >= 11 is 0. The van der Waals surface area contributed by atoms with Gasteiger partial charge in [0.05, 0.1) is 12.0 Å². The number of rotatable bonds is 2. The molecule has 0 N–H and O–H groups in total. The summed E-state index contributed by atoms with van der Waals surface area (Å²) in [6.07, 6.45) is 0. The van der Waals surface area contributed by atoms with Crippen LogP contribution >= 0.6 is 21.6 Å². The highest BCUT2D eigenvalue weighted by Gasteiger charge is 2.11. The molecule has 68 valence electrons. The fraction of sp³-hybridized carbons (Fsp3) is 0.875. The molecule has 0 saturated carbocycles. The lowest BCUT2D eigenvalue weighted by Gasteiger charge is -2.19. The van der Waals surface area contributed by atoms with Crippen LogP contribution in [0.4, 0.5) is 0 Å². The minimum atomic E-state index is 0.179. The third kappa shape index (κ3) is 3.70. The van der Waals surface area contributed by atoms with Crippen molar-refractivity contribution in [2.75, 3.05) is 31.1 Å². The number of nitriles is 1. The fourth-order valence-electron chi connectivity index (χ4n) is 1.17. The Morgan fingerprint density at radius 2 is 2.00 bits per heavy atom. The summed E-state index contributed by atoms with van der Waals surface area (Å²) in [6, 6.07) is 2.28. The van der Waals surface area contributed by atoms with E-state index in [0.29, 0.717) is 0 Å². The van der Waals surface area contributed by atoms with Gasteiger partial charge >= 0.3 is 0 Å². The van der Waals surface area contributed by atoms with E-state index in [4.69, 9.17) is 5.26 Å². The van der Waals surface area contributed by atoms with Crippen LogP contribution in [-0.4, -0.2) is 36.0 Å². The van der Waals surface area contributed by atoms with Crippen LogP contribution in [0.15, 0.2) is 0 Å². The summed E-state index contributed by atoms with van der Waals surface area (Å²) in [6.45, 7) is 5.22. The smallest absolute Gasteiger partial charge is 0.0666 e. The van der Waals surface area contributed by atoms with Gasteiger partial charge in [0, 0.05) is 31.1 Å². The summed E-state index contributed by atoms with van der Waals surface area (Å²) in [7, 11) is 3.89. The van der Waals surface area contributed by atoms with Crippen LogP contribution in [0.2, 0.25) is 0 Å². The van der Waals surface area contributed by atoms with Crippen molar-refractivity contribution in [2.24, 2.45) is 5.92 Å². The summed E-state index contributed by atoms with van der Waals surface area (Å²) in [5.74, 6) is 2.57. The quantitative estimate of drug-likeness (QED) is 0.639. The highest BCUT2D eigenvalue weighted by Crippen LogP contribution is 2.23. The van der Waals surface area contributed by atoms with Crippen molar-refractivity contribution in [3.63, 3.8) is 0 Å². The Bertz CT molecular complexity index is 159. The molecular formula is C8H14N2S2. The Hall–Kier alpha value is 0.150. The van der Waals surface area contributed by atoms with Crippen LogP contribution in [-0.2, 0) is 0 Å². The van der Waals surface area contributed by atoms with E-state index in [-0.39, 0.29) is 5.92 Å². The first-order chi connectivity index (χ1) is 5.83. The number of hydrogen-bond acceptors (Lipinski definition) is 4. The molecule has 0 aromatic heterocycles. The van der Waals surface area contributed by atoms with Gasteiger partial charge in [-0.2, -0.15) is 5.26 Å². The van der Waals surface area contributed by atoms with Gasteiger partial charge in [0.1, 0.15) is 0 Å². The van der Waals surface area contributed by atoms with E-state index in [1.54, 1.807) is 0 Å². The Kier molecular flexibility index (Phi) is 4.89. The lowest BCUT2D eigenvalue weighted by Crippen LogP contribution is -2.31. The molecule has 0 aliphatic carbocycles.